The molecule has 6 heteroatoms. The van der Waals surface area contributed by atoms with Crippen LogP contribution in [-0.4, -0.2) is 49.4 Å². The van der Waals surface area contributed by atoms with Crippen LogP contribution in [0.25, 0.3) is 0 Å². The Bertz CT molecular complexity index is 449. The zero-order valence-corrected chi connectivity index (χ0v) is 13.1. The number of sulfone groups is 1. The third-order valence-corrected chi connectivity index (χ3v) is 6.41. The van der Waals surface area contributed by atoms with Crippen LogP contribution in [0.3, 0.4) is 0 Å². The molecule has 0 bridgehead atoms. The lowest BCUT2D eigenvalue weighted by molar-refractivity contribution is -0.138. The Morgan fingerprint density at radius 3 is 2.50 bits per heavy atom. The Morgan fingerprint density at radius 1 is 1.20 bits per heavy atom. The lowest BCUT2D eigenvalue weighted by Gasteiger charge is -2.32. The van der Waals surface area contributed by atoms with Gasteiger partial charge in [0.15, 0.2) is 9.84 Å². The summed E-state index contributed by atoms with van der Waals surface area (Å²) in [7, 11) is -2.96. The minimum absolute atomic E-state index is 0.0722. The van der Waals surface area contributed by atoms with Gasteiger partial charge in [0.2, 0.25) is 5.91 Å². The summed E-state index contributed by atoms with van der Waals surface area (Å²) in [5.41, 5.74) is 6.16. The van der Waals surface area contributed by atoms with Gasteiger partial charge in [-0.25, -0.2) is 8.42 Å². The summed E-state index contributed by atoms with van der Waals surface area (Å²) in [4.78, 5) is 14.5. The van der Waals surface area contributed by atoms with Crippen molar-refractivity contribution in [3.8, 4) is 0 Å². The molecule has 0 aromatic heterocycles. The minimum Gasteiger partial charge on any atom is -0.339 e. The molecule has 1 amide bonds. The molecule has 1 aliphatic heterocycles. The van der Waals surface area contributed by atoms with E-state index in [1.54, 1.807) is 4.90 Å². The van der Waals surface area contributed by atoms with Crippen molar-refractivity contribution >= 4 is 15.7 Å². The Kier molecular flexibility index (Phi) is 5.07. The first-order valence-electron chi connectivity index (χ1n) is 7.71. The monoisotopic (exact) mass is 302 g/mol. The van der Waals surface area contributed by atoms with Crippen LogP contribution in [0.2, 0.25) is 0 Å². The lowest BCUT2D eigenvalue weighted by Crippen LogP contribution is -2.48. The summed E-state index contributed by atoms with van der Waals surface area (Å²) in [5.74, 6) is 0.275. The number of nitrogens with two attached hydrogens (primary N) is 1. The number of amides is 1. The molecule has 2 N–H and O–H groups in total. The van der Waals surface area contributed by atoms with E-state index in [0.29, 0.717) is 13.0 Å². The van der Waals surface area contributed by atoms with E-state index in [2.05, 4.69) is 0 Å². The van der Waals surface area contributed by atoms with Crippen molar-refractivity contribution in [3.63, 3.8) is 0 Å². The number of hydrogen-bond donors (Lipinski definition) is 1. The minimum atomic E-state index is -2.96. The van der Waals surface area contributed by atoms with E-state index < -0.39 is 9.84 Å². The molecule has 116 valence electrons. The Balaban J connectivity index is 2.08. The number of carbonyl (C=O) groups excluding carboxylic acids is 1. The van der Waals surface area contributed by atoms with Gasteiger partial charge >= 0.3 is 0 Å². The summed E-state index contributed by atoms with van der Waals surface area (Å²) < 4.78 is 23.2. The Labute approximate surface area is 121 Å². The molecule has 0 radical (unpaired) electrons. The summed E-state index contributed by atoms with van der Waals surface area (Å²) in [6.45, 7) is 2.49. The number of nitrogens with zero attached hydrogens (tertiary/aromatic N) is 1. The van der Waals surface area contributed by atoms with Crippen LogP contribution < -0.4 is 5.73 Å². The zero-order chi connectivity index (χ0) is 14.8. The second-order valence-corrected chi connectivity index (χ2v) is 8.32. The second kappa shape index (κ2) is 6.43. The van der Waals surface area contributed by atoms with Gasteiger partial charge in [-0.05, 0) is 26.2 Å². The second-order valence-electron chi connectivity index (χ2n) is 6.09. The molecule has 0 aromatic rings. The normalized spacial score (nSPS) is 33.6. The van der Waals surface area contributed by atoms with Crippen LogP contribution in [-0.2, 0) is 14.6 Å². The summed E-state index contributed by atoms with van der Waals surface area (Å²) in [6, 6.07) is -0.218. The van der Waals surface area contributed by atoms with Crippen molar-refractivity contribution < 1.29 is 13.2 Å². The van der Waals surface area contributed by atoms with Crippen LogP contribution in [0.5, 0.6) is 0 Å². The molecule has 1 aliphatic carbocycles. The fourth-order valence-electron chi connectivity index (χ4n) is 3.47. The molecule has 2 rings (SSSR count). The predicted octanol–water partition coefficient (Wildman–Crippen LogP) is 0.930. The van der Waals surface area contributed by atoms with Gasteiger partial charge < -0.3 is 10.6 Å². The van der Waals surface area contributed by atoms with Crippen LogP contribution >= 0.6 is 0 Å². The summed E-state index contributed by atoms with van der Waals surface area (Å²) in [5, 5.41) is 0. The maximum atomic E-state index is 12.7. The standard InChI is InChI=1S/C14H26N2O3S/c1-2-16(11-8-9-20(18,19)10-11)14(17)12-6-4-3-5-7-13(12)15/h11-13H,2-10,15H2,1H3. The SMILES string of the molecule is CCN(C(=O)C1CCCCCC1N)C1CCS(=O)(=O)C1. The lowest BCUT2D eigenvalue weighted by atomic mass is 9.93. The maximum Gasteiger partial charge on any atom is 0.227 e. The molecule has 2 fully saturated rings. The summed E-state index contributed by atoms with van der Waals surface area (Å²) in [6.07, 6.45) is 5.59. The van der Waals surface area contributed by atoms with Gasteiger partial charge in [0, 0.05) is 18.6 Å². The molecule has 3 atom stereocenters. The van der Waals surface area contributed by atoms with E-state index in [4.69, 9.17) is 5.73 Å². The molecule has 0 aromatic carbocycles. The van der Waals surface area contributed by atoms with Crippen LogP contribution in [0.4, 0.5) is 0 Å². The van der Waals surface area contributed by atoms with Gasteiger partial charge in [0.1, 0.15) is 0 Å². The van der Waals surface area contributed by atoms with Crippen LogP contribution in [0, 0.1) is 5.92 Å². The first-order valence-corrected chi connectivity index (χ1v) is 9.53. The number of carbonyl (C=O) groups is 1. The quantitative estimate of drug-likeness (QED) is 0.786. The smallest absolute Gasteiger partial charge is 0.227 e. The van der Waals surface area contributed by atoms with Crippen LogP contribution in [0.15, 0.2) is 0 Å². The molecule has 5 nitrogen and oxygen atoms in total. The number of hydrogen-bond acceptors (Lipinski definition) is 4. The molecule has 2 aliphatic rings. The third-order valence-electron chi connectivity index (χ3n) is 4.66. The van der Waals surface area contributed by atoms with E-state index in [1.165, 1.54) is 0 Å². The molecule has 1 saturated heterocycles. The van der Waals surface area contributed by atoms with E-state index in [0.717, 1.165) is 32.1 Å². The van der Waals surface area contributed by atoms with Crippen molar-refractivity contribution in [1.29, 1.82) is 0 Å². The summed E-state index contributed by atoms with van der Waals surface area (Å²) >= 11 is 0. The zero-order valence-electron chi connectivity index (χ0n) is 12.3. The average Bonchev–Trinajstić information content (AvgIpc) is 2.60. The fraction of sp³-hybridized carbons (Fsp3) is 0.929. The fourth-order valence-corrected chi connectivity index (χ4v) is 5.20. The first-order chi connectivity index (χ1) is 9.44. The van der Waals surface area contributed by atoms with Crippen molar-refractivity contribution in [2.45, 2.75) is 57.5 Å². The van der Waals surface area contributed by atoms with Crippen molar-refractivity contribution in [2.24, 2.45) is 11.7 Å². The van der Waals surface area contributed by atoms with Crippen molar-refractivity contribution in [3.05, 3.63) is 0 Å². The number of rotatable bonds is 3. The predicted molar refractivity (Wildman–Crippen MR) is 79.0 cm³/mol. The molecular formula is C14H26N2O3S. The van der Waals surface area contributed by atoms with E-state index in [-0.39, 0.29) is 35.4 Å². The van der Waals surface area contributed by atoms with Crippen molar-refractivity contribution in [1.82, 2.24) is 4.90 Å². The highest BCUT2D eigenvalue weighted by Gasteiger charge is 2.37. The first kappa shape index (κ1) is 15.8. The maximum absolute atomic E-state index is 12.7. The Morgan fingerprint density at radius 2 is 1.90 bits per heavy atom. The van der Waals surface area contributed by atoms with Crippen molar-refractivity contribution in [2.75, 3.05) is 18.1 Å². The van der Waals surface area contributed by atoms with Gasteiger partial charge in [-0.1, -0.05) is 19.3 Å². The molecule has 3 unspecified atom stereocenters. The highest BCUT2D eigenvalue weighted by atomic mass is 32.2. The molecule has 0 spiro atoms. The average molecular weight is 302 g/mol. The van der Waals surface area contributed by atoms with E-state index in [9.17, 15) is 13.2 Å². The van der Waals surface area contributed by atoms with Gasteiger partial charge in [0.05, 0.1) is 17.4 Å². The topological polar surface area (TPSA) is 80.5 Å². The highest BCUT2D eigenvalue weighted by Crippen LogP contribution is 2.26. The van der Waals surface area contributed by atoms with Crippen LogP contribution in [0.1, 0.15) is 45.4 Å². The van der Waals surface area contributed by atoms with E-state index >= 15 is 0 Å². The van der Waals surface area contributed by atoms with Gasteiger partial charge in [-0.2, -0.15) is 0 Å². The van der Waals surface area contributed by atoms with Gasteiger partial charge in [-0.3, -0.25) is 4.79 Å². The molecule has 1 saturated carbocycles. The van der Waals surface area contributed by atoms with Gasteiger partial charge in [0.25, 0.3) is 0 Å². The van der Waals surface area contributed by atoms with E-state index in [1.807, 2.05) is 6.92 Å². The third kappa shape index (κ3) is 3.52. The molecule has 1 heterocycles. The Hall–Kier alpha value is -0.620. The molecular weight excluding hydrogens is 276 g/mol. The highest BCUT2D eigenvalue weighted by molar-refractivity contribution is 7.91. The molecule has 20 heavy (non-hydrogen) atoms. The largest absolute Gasteiger partial charge is 0.339 e. The van der Waals surface area contributed by atoms with Gasteiger partial charge in [-0.15, -0.1) is 0 Å².